The second-order valence-corrected chi connectivity index (χ2v) is 8.76. The standard InChI is InChI=1S/C20H27N5O2S/c1-24-9-11-25(12-10-24)18(26)14-7-8-16-17(13-14)28-20(22-16)23-19(27)21-15-5-3-2-4-6-15/h7-8,13,15H,2-6,9-12H2,1H3,(H2,21,22,23,27). The number of urea groups is 1. The van der Waals surface area contributed by atoms with Crippen LogP contribution in [0.2, 0.25) is 0 Å². The van der Waals surface area contributed by atoms with Gasteiger partial charge in [-0.05, 0) is 38.1 Å². The number of amides is 3. The molecule has 2 aromatic rings. The van der Waals surface area contributed by atoms with Gasteiger partial charge in [-0.15, -0.1) is 0 Å². The first-order valence-corrected chi connectivity index (χ1v) is 10.9. The van der Waals surface area contributed by atoms with E-state index < -0.39 is 0 Å². The van der Waals surface area contributed by atoms with Gasteiger partial charge in [0.2, 0.25) is 0 Å². The first kappa shape index (κ1) is 19.1. The summed E-state index contributed by atoms with van der Waals surface area (Å²) < 4.78 is 0.910. The van der Waals surface area contributed by atoms with Gasteiger partial charge in [0.1, 0.15) is 0 Å². The summed E-state index contributed by atoms with van der Waals surface area (Å²) in [7, 11) is 2.07. The van der Waals surface area contributed by atoms with Crippen molar-refractivity contribution in [3.05, 3.63) is 23.8 Å². The monoisotopic (exact) mass is 401 g/mol. The van der Waals surface area contributed by atoms with Gasteiger partial charge in [-0.25, -0.2) is 9.78 Å². The maximum atomic E-state index is 12.8. The molecule has 0 unspecified atom stereocenters. The molecule has 1 saturated carbocycles. The van der Waals surface area contributed by atoms with E-state index in [4.69, 9.17) is 0 Å². The van der Waals surface area contributed by atoms with E-state index in [-0.39, 0.29) is 18.0 Å². The molecule has 0 spiro atoms. The molecule has 4 rings (SSSR count). The number of fused-ring (bicyclic) bond motifs is 1. The van der Waals surface area contributed by atoms with Crippen LogP contribution in [0.4, 0.5) is 9.93 Å². The second-order valence-electron chi connectivity index (χ2n) is 7.73. The van der Waals surface area contributed by atoms with E-state index in [1.54, 1.807) is 0 Å². The van der Waals surface area contributed by atoms with Crippen LogP contribution in [0.15, 0.2) is 18.2 Å². The molecule has 2 N–H and O–H groups in total. The van der Waals surface area contributed by atoms with E-state index in [2.05, 4.69) is 27.6 Å². The summed E-state index contributed by atoms with van der Waals surface area (Å²) in [4.78, 5) is 33.6. The van der Waals surface area contributed by atoms with E-state index in [0.29, 0.717) is 10.7 Å². The van der Waals surface area contributed by atoms with Crippen molar-refractivity contribution in [3.8, 4) is 0 Å². The summed E-state index contributed by atoms with van der Waals surface area (Å²) in [5.41, 5.74) is 1.48. The molecule has 7 nitrogen and oxygen atoms in total. The third-order valence-electron chi connectivity index (χ3n) is 5.59. The van der Waals surface area contributed by atoms with Crippen molar-refractivity contribution in [2.75, 3.05) is 38.5 Å². The average molecular weight is 402 g/mol. The van der Waals surface area contributed by atoms with Crippen molar-refractivity contribution < 1.29 is 9.59 Å². The molecule has 1 aromatic carbocycles. The van der Waals surface area contributed by atoms with E-state index in [9.17, 15) is 9.59 Å². The summed E-state index contributed by atoms with van der Waals surface area (Å²) in [5.74, 6) is 0.0629. The van der Waals surface area contributed by atoms with E-state index >= 15 is 0 Å². The maximum absolute atomic E-state index is 12.8. The molecule has 1 saturated heterocycles. The number of benzene rings is 1. The molecule has 3 amide bonds. The minimum Gasteiger partial charge on any atom is -0.336 e. The SMILES string of the molecule is CN1CCN(C(=O)c2ccc3nc(NC(=O)NC4CCCCC4)sc3c2)CC1. The van der Waals surface area contributed by atoms with E-state index in [1.807, 2.05) is 23.1 Å². The van der Waals surface area contributed by atoms with Gasteiger partial charge in [0.25, 0.3) is 5.91 Å². The molecule has 0 radical (unpaired) electrons. The lowest BCUT2D eigenvalue weighted by Gasteiger charge is -2.32. The van der Waals surface area contributed by atoms with Gasteiger partial charge < -0.3 is 15.1 Å². The predicted octanol–water partition coefficient (Wildman–Crippen LogP) is 3.14. The second kappa shape index (κ2) is 8.45. The van der Waals surface area contributed by atoms with Crippen LogP contribution in [0.1, 0.15) is 42.5 Å². The van der Waals surface area contributed by atoms with Gasteiger partial charge in [-0.2, -0.15) is 0 Å². The topological polar surface area (TPSA) is 77.6 Å². The average Bonchev–Trinajstić information content (AvgIpc) is 3.10. The lowest BCUT2D eigenvalue weighted by molar-refractivity contribution is 0.0664. The van der Waals surface area contributed by atoms with Crippen LogP contribution in [-0.4, -0.2) is 66.0 Å². The molecule has 150 valence electrons. The summed E-state index contributed by atoms with van der Waals surface area (Å²) in [6, 6.07) is 5.64. The van der Waals surface area contributed by atoms with Crippen LogP contribution in [0.5, 0.6) is 0 Å². The summed E-state index contributed by atoms with van der Waals surface area (Å²) >= 11 is 1.40. The van der Waals surface area contributed by atoms with Crippen molar-refractivity contribution >= 4 is 38.6 Å². The van der Waals surface area contributed by atoms with Gasteiger partial charge >= 0.3 is 6.03 Å². The molecule has 2 aliphatic rings. The molecule has 2 heterocycles. The van der Waals surface area contributed by atoms with Crippen molar-refractivity contribution in [3.63, 3.8) is 0 Å². The Morgan fingerprint density at radius 2 is 1.86 bits per heavy atom. The van der Waals surface area contributed by atoms with Crippen LogP contribution in [0.3, 0.4) is 0 Å². The number of rotatable bonds is 3. The summed E-state index contributed by atoms with van der Waals surface area (Å²) in [6.45, 7) is 3.31. The van der Waals surface area contributed by atoms with Gasteiger partial charge in [0.05, 0.1) is 10.2 Å². The molecule has 8 heteroatoms. The van der Waals surface area contributed by atoms with Crippen LogP contribution < -0.4 is 10.6 Å². The zero-order chi connectivity index (χ0) is 19.5. The Morgan fingerprint density at radius 1 is 1.11 bits per heavy atom. The minimum absolute atomic E-state index is 0.0629. The Hall–Kier alpha value is -2.19. The zero-order valence-electron chi connectivity index (χ0n) is 16.2. The van der Waals surface area contributed by atoms with Crippen LogP contribution >= 0.6 is 11.3 Å². The van der Waals surface area contributed by atoms with Crippen LogP contribution in [0, 0.1) is 0 Å². The van der Waals surface area contributed by atoms with Crippen LogP contribution in [0.25, 0.3) is 10.2 Å². The first-order chi connectivity index (χ1) is 13.6. The fourth-order valence-electron chi connectivity index (χ4n) is 3.87. The number of hydrogen-bond acceptors (Lipinski definition) is 5. The number of piperazine rings is 1. The maximum Gasteiger partial charge on any atom is 0.321 e. The molecular weight excluding hydrogens is 374 g/mol. The lowest BCUT2D eigenvalue weighted by Crippen LogP contribution is -2.47. The molecule has 1 aliphatic heterocycles. The molecule has 1 aliphatic carbocycles. The van der Waals surface area contributed by atoms with Crippen molar-refractivity contribution in [2.45, 2.75) is 38.1 Å². The Labute approximate surface area is 169 Å². The Kier molecular flexibility index (Phi) is 5.77. The van der Waals surface area contributed by atoms with E-state index in [1.165, 1.54) is 30.6 Å². The highest BCUT2D eigenvalue weighted by atomic mass is 32.1. The van der Waals surface area contributed by atoms with Crippen molar-refractivity contribution in [1.29, 1.82) is 0 Å². The molecule has 0 atom stereocenters. The third kappa shape index (κ3) is 4.44. The number of nitrogens with zero attached hydrogens (tertiary/aromatic N) is 3. The smallest absolute Gasteiger partial charge is 0.321 e. The Balaban J connectivity index is 1.41. The van der Waals surface area contributed by atoms with Gasteiger partial charge in [0.15, 0.2) is 5.13 Å². The number of carbonyl (C=O) groups excluding carboxylic acids is 2. The molecule has 0 bridgehead atoms. The van der Waals surface area contributed by atoms with Gasteiger partial charge in [-0.1, -0.05) is 30.6 Å². The highest BCUT2D eigenvalue weighted by Gasteiger charge is 2.21. The third-order valence-corrected chi connectivity index (χ3v) is 6.52. The molecule has 1 aromatic heterocycles. The minimum atomic E-state index is -0.195. The summed E-state index contributed by atoms with van der Waals surface area (Å²) in [6.07, 6.45) is 5.70. The highest BCUT2D eigenvalue weighted by Crippen LogP contribution is 2.27. The van der Waals surface area contributed by atoms with Crippen molar-refractivity contribution in [2.24, 2.45) is 0 Å². The molecule has 28 heavy (non-hydrogen) atoms. The number of thiazole rings is 1. The Morgan fingerprint density at radius 3 is 2.61 bits per heavy atom. The summed E-state index contributed by atoms with van der Waals surface area (Å²) in [5, 5.41) is 6.45. The fraction of sp³-hybridized carbons (Fsp3) is 0.550. The number of hydrogen-bond donors (Lipinski definition) is 2. The number of aromatic nitrogens is 1. The largest absolute Gasteiger partial charge is 0.336 e. The molecule has 2 fully saturated rings. The van der Waals surface area contributed by atoms with Gasteiger partial charge in [0, 0.05) is 37.8 Å². The normalized spacial score (nSPS) is 19.0. The Bertz CT molecular complexity index is 853. The van der Waals surface area contributed by atoms with E-state index in [0.717, 1.165) is 49.2 Å². The first-order valence-electron chi connectivity index (χ1n) is 10.0. The highest BCUT2D eigenvalue weighted by molar-refractivity contribution is 7.22. The van der Waals surface area contributed by atoms with Crippen molar-refractivity contribution in [1.82, 2.24) is 20.1 Å². The lowest BCUT2D eigenvalue weighted by atomic mass is 9.96. The zero-order valence-corrected chi connectivity index (χ0v) is 17.1. The van der Waals surface area contributed by atoms with Crippen LogP contribution in [-0.2, 0) is 0 Å². The number of likely N-dealkylation sites (N-methyl/N-ethyl adjacent to an activating group) is 1. The fourth-order valence-corrected chi connectivity index (χ4v) is 4.77. The number of carbonyl (C=O) groups is 2. The quantitative estimate of drug-likeness (QED) is 0.828. The number of nitrogens with one attached hydrogen (secondary N) is 2. The molecular formula is C20H27N5O2S. The number of anilines is 1. The van der Waals surface area contributed by atoms with Gasteiger partial charge in [-0.3, -0.25) is 10.1 Å². The predicted molar refractivity (Wildman–Crippen MR) is 112 cm³/mol.